The lowest BCUT2D eigenvalue weighted by atomic mass is 10.3. The SMILES string of the molecule is C=CCCCN(C)S(=O)(=O)c1c(CNC)n[nH]c1C. The quantitative estimate of drug-likeness (QED) is 0.552. The molecule has 1 aromatic heterocycles. The van der Waals surface area contributed by atoms with Gasteiger partial charge in [-0.05, 0) is 26.8 Å². The Kier molecular flexibility index (Phi) is 5.71. The van der Waals surface area contributed by atoms with Gasteiger partial charge < -0.3 is 5.32 Å². The lowest BCUT2D eigenvalue weighted by molar-refractivity contribution is 0.461. The zero-order valence-corrected chi connectivity index (χ0v) is 12.5. The number of aromatic nitrogens is 2. The maximum absolute atomic E-state index is 12.5. The van der Waals surface area contributed by atoms with E-state index in [-0.39, 0.29) is 4.90 Å². The van der Waals surface area contributed by atoms with Gasteiger partial charge in [-0.15, -0.1) is 6.58 Å². The number of aryl methyl sites for hydroxylation is 1. The van der Waals surface area contributed by atoms with Crippen molar-refractivity contribution in [3.8, 4) is 0 Å². The summed E-state index contributed by atoms with van der Waals surface area (Å²) in [6.07, 6.45) is 3.35. The second-order valence-corrected chi connectivity index (χ2v) is 6.39. The molecule has 0 amide bonds. The van der Waals surface area contributed by atoms with Gasteiger partial charge in [0.2, 0.25) is 10.0 Å². The molecule has 1 heterocycles. The van der Waals surface area contributed by atoms with Crippen molar-refractivity contribution in [2.45, 2.75) is 31.2 Å². The zero-order valence-electron chi connectivity index (χ0n) is 11.7. The molecule has 0 fully saturated rings. The molecule has 0 saturated carbocycles. The first-order valence-electron chi connectivity index (χ1n) is 6.20. The maximum atomic E-state index is 12.5. The molecule has 1 aromatic rings. The first-order valence-corrected chi connectivity index (χ1v) is 7.64. The highest BCUT2D eigenvalue weighted by Crippen LogP contribution is 2.21. The van der Waals surface area contributed by atoms with E-state index in [0.29, 0.717) is 24.5 Å². The summed E-state index contributed by atoms with van der Waals surface area (Å²) in [5, 5.41) is 9.70. The van der Waals surface area contributed by atoms with E-state index in [2.05, 4.69) is 22.1 Å². The Bertz CT molecular complexity index is 522. The fourth-order valence-electron chi connectivity index (χ4n) is 1.83. The summed E-state index contributed by atoms with van der Waals surface area (Å²) >= 11 is 0. The summed E-state index contributed by atoms with van der Waals surface area (Å²) in [4.78, 5) is 0.281. The first-order chi connectivity index (χ1) is 8.95. The van der Waals surface area contributed by atoms with Crippen LogP contribution in [0, 0.1) is 6.92 Å². The fraction of sp³-hybridized carbons (Fsp3) is 0.583. The molecular formula is C12H22N4O2S. The Labute approximate surface area is 114 Å². The summed E-state index contributed by atoms with van der Waals surface area (Å²) in [5.41, 5.74) is 1.09. The smallest absolute Gasteiger partial charge is 0.246 e. The predicted molar refractivity (Wildman–Crippen MR) is 75.3 cm³/mol. The third-order valence-electron chi connectivity index (χ3n) is 2.86. The number of nitrogens with zero attached hydrogens (tertiary/aromatic N) is 2. The van der Waals surface area contributed by atoms with Crippen LogP contribution in [0.5, 0.6) is 0 Å². The van der Waals surface area contributed by atoms with Gasteiger partial charge in [-0.3, -0.25) is 5.10 Å². The number of rotatable bonds is 8. The van der Waals surface area contributed by atoms with Gasteiger partial charge in [-0.2, -0.15) is 5.10 Å². The highest BCUT2D eigenvalue weighted by atomic mass is 32.2. The molecule has 0 bridgehead atoms. The van der Waals surface area contributed by atoms with Crippen molar-refractivity contribution in [3.05, 3.63) is 24.0 Å². The minimum absolute atomic E-state index is 0.281. The van der Waals surface area contributed by atoms with Gasteiger partial charge in [0.05, 0.1) is 11.4 Å². The number of allylic oxidation sites excluding steroid dienone is 1. The predicted octanol–water partition coefficient (Wildman–Crippen LogP) is 1.02. The Morgan fingerprint density at radius 1 is 1.53 bits per heavy atom. The van der Waals surface area contributed by atoms with Crippen LogP contribution in [0.25, 0.3) is 0 Å². The van der Waals surface area contributed by atoms with Crippen LogP contribution in [0.2, 0.25) is 0 Å². The molecule has 0 spiro atoms. The van der Waals surface area contributed by atoms with Crippen LogP contribution in [0.3, 0.4) is 0 Å². The van der Waals surface area contributed by atoms with Crippen LogP contribution in [-0.4, -0.2) is 43.6 Å². The molecule has 7 heteroatoms. The van der Waals surface area contributed by atoms with Gasteiger partial charge >= 0.3 is 0 Å². The van der Waals surface area contributed by atoms with Gasteiger partial charge in [0.25, 0.3) is 0 Å². The lowest BCUT2D eigenvalue weighted by Gasteiger charge is -2.17. The van der Waals surface area contributed by atoms with Crippen LogP contribution in [-0.2, 0) is 16.6 Å². The Morgan fingerprint density at radius 2 is 2.21 bits per heavy atom. The molecule has 0 unspecified atom stereocenters. The molecule has 0 aromatic carbocycles. The second-order valence-electron chi connectivity index (χ2n) is 4.41. The average Bonchev–Trinajstić information content (AvgIpc) is 2.71. The molecule has 0 atom stereocenters. The molecule has 0 aliphatic heterocycles. The molecule has 108 valence electrons. The highest BCUT2D eigenvalue weighted by molar-refractivity contribution is 7.89. The molecular weight excluding hydrogens is 264 g/mol. The molecule has 0 aliphatic rings. The van der Waals surface area contributed by atoms with Crippen LogP contribution in [0.4, 0.5) is 0 Å². The Morgan fingerprint density at radius 3 is 2.79 bits per heavy atom. The van der Waals surface area contributed by atoms with Crippen molar-refractivity contribution in [2.75, 3.05) is 20.6 Å². The van der Waals surface area contributed by atoms with Crippen LogP contribution in [0.1, 0.15) is 24.2 Å². The van der Waals surface area contributed by atoms with Gasteiger partial charge in [-0.1, -0.05) is 6.08 Å². The number of H-pyrrole nitrogens is 1. The summed E-state index contributed by atoms with van der Waals surface area (Å²) in [6.45, 7) is 6.24. The van der Waals surface area contributed by atoms with Crippen molar-refractivity contribution in [2.24, 2.45) is 0 Å². The van der Waals surface area contributed by atoms with Crippen LogP contribution < -0.4 is 5.32 Å². The van der Waals surface area contributed by atoms with Gasteiger partial charge in [0.1, 0.15) is 4.90 Å². The minimum atomic E-state index is -3.49. The van der Waals surface area contributed by atoms with E-state index in [1.165, 1.54) is 4.31 Å². The zero-order chi connectivity index (χ0) is 14.5. The number of hydrogen-bond acceptors (Lipinski definition) is 4. The number of nitrogens with one attached hydrogen (secondary N) is 2. The number of aromatic amines is 1. The minimum Gasteiger partial charge on any atom is -0.314 e. The topological polar surface area (TPSA) is 78.1 Å². The summed E-state index contributed by atoms with van der Waals surface area (Å²) in [5.74, 6) is 0. The normalized spacial score (nSPS) is 12.0. The molecule has 1 rings (SSSR count). The average molecular weight is 286 g/mol. The molecule has 19 heavy (non-hydrogen) atoms. The monoisotopic (exact) mass is 286 g/mol. The van der Waals surface area contributed by atoms with E-state index in [0.717, 1.165) is 12.8 Å². The van der Waals surface area contributed by atoms with Crippen LogP contribution in [0.15, 0.2) is 17.6 Å². The summed E-state index contributed by atoms with van der Waals surface area (Å²) in [6, 6.07) is 0. The van der Waals surface area contributed by atoms with E-state index < -0.39 is 10.0 Å². The molecule has 0 radical (unpaired) electrons. The maximum Gasteiger partial charge on any atom is 0.246 e. The third kappa shape index (κ3) is 3.65. The summed E-state index contributed by atoms with van der Waals surface area (Å²) < 4.78 is 26.4. The molecule has 6 nitrogen and oxygen atoms in total. The Hall–Kier alpha value is -1.18. The van der Waals surface area contributed by atoms with E-state index >= 15 is 0 Å². The fourth-order valence-corrected chi connectivity index (χ4v) is 3.36. The van der Waals surface area contributed by atoms with E-state index in [1.54, 1.807) is 27.1 Å². The van der Waals surface area contributed by atoms with Crippen LogP contribution >= 0.6 is 0 Å². The van der Waals surface area contributed by atoms with Crippen molar-refractivity contribution >= 4 is 10.0 Å². The Balaban J connectivity index is 2.98. The third-order valence-corrected chi connectivity index (χ3v) is 4.92. The first kappa shape index (κ1) is 15.9. The number of unbranched alkanes of at least 4 members (excludes halogenated alkanes) is 1. The van der Waals surface area contributed by atoms with Crippen molar-refractivity contribution < 1.29 is 8.42 Å². The van der Waals surface area contributed by atoms with Gasteiger partial charge in [0.15, 0.2) is 0 Å². The van der Waals surface area contributed by atoms with Crippen molar-refractivity contribution in [1.82, 2.24) is 19.8 Å². The molecule has 0 aliphatic carbocycles. The van der Waals surface area contributed by atoms with Gasteiger partial charge in [-0.25, -0.2) is 12.7 Å². The van der Waals surface area contributed by atoms with E-state index in [1.807, 2.05) is 0 Å². The second kappa shape index (κ2) is 6.83. The van der Waals surface area contributed by atoms with Gasteiger partial charge in [0, 0.05) is 20.1 Å². The molecule has 2 N–H and O–H groups in total. The standard InChI is InChI=1S/C12H22N4O2S/c1-5-6-7-8-16(4)19(17,18)12-10(2)14-15-11(12)9-13-3/h5,13H,1,6-9H2,2-4H3,(H,14,15). The largest absolute Gasteiger partial charge is 0.314 e. The summed E-state index contributed by atoms with van der Waals surface area (Å²) in [7, 11) is -0.145. The van der Waals surface area contributed by atoms with Crippen molar-refractivity contribution in [1.29, 1.82) is 0 Å². The molecule has 0 saturated heterocycles. The van der Waals surface area contributed by atoms with Crippen molar-refractivity contribution in [3.63, 3.8) is 0 Å². The number of hydrogen-bond donors (Lipinski definition) is 2. The van der Waals surface area contributed by atoms with E-state index in [4.69, 9.17) is 0 Å². The van der Waals surface area contributed by atoms with E-state index in [9.17, 15) is 8.42 Å². The lowest BCUT2D eigenvalue weighted by Crippen LogP contribution is -2.29. The number of sulfonamides is 1. The highest BCUT2D eigenvalue weighted by Gasteiger charge is 2.27.